The average Bonchev–Trinajstić information content (AvgIpc) is 2.27. The van der Waals surface area contributed by atoms with Gasteiger partial charge in [0.05, 0.1) is 18.9 Å². The molecule has 0 amide bonds. The van der Waals surface area contributed by atoms with E-state index in [0.717, 1.165) is 19.4 Å². The molecule has 0 aromatic rings. The van der Waals surface area contributed by atoms with Crippen LogP contribution in [0.25, 0.3) is 0 Å². The molecule has 5 heteroatoms. The van der Waals surface area contributed by atoms with Crippen LogP contribution in [0.5, 0.6) is 0 Å². The Kier molecular flexibility index (Phi) is 5.25. The fourth-order valence-electron chi connectivity index (χ4n) is 1.94. The van der Waals surface area contributed by atoms with Crippen molar-refractivity contribution in [2.75, 3.05) is 26.2 Å². The second-order valence-electron chi connectivity index (χ2n) is 4.03. The quantitative estimate of drug-likeness (QED) is 0.704. The molecule has 1 heterocycles. The van der Waals surface area contributed by atoms with Crippen molar-refractivity contribution in [2.24, 2.45) is 5.92 Å². The molecule has 92 valence electrons. The number of aliphatic carboxylic acids is 1. The SMILES string of the molecule is CCOC(=O)CCN1CCCC(C(=O)O)C1. The van der Waals surface area contributed by atoms with Crippen LogP contribution < -0.4 is 0 Å². The first-order chi connectivity index (χ1) is 7.63. The molecule has 1 rings (SSSR count). The van der Waals surface area contributed by atoms with E-state index in [2.05, 4.69) is 0 Å². The Hall–Kier alpha value is -1.10. The van der Waals surface area contributed by atoms with Gasteiger partial charge in [0.25, 0.3) is 0 Å². The molecule has 1 aliphatic heterocycles. The minimum atomic E-state index is -0.735. The number of ether oxygens (including phenoxy) is 1. The molecule has 0 radical (unpaired) electrons. The molecular formula is C11H19NO4. The van der Waals surface area contributed by atoms with Crippen LogP contribution >= 0.6 is 0 Å². The van der Waals surface area contributed by atoms with Gasteiger partial charge in [-0.15, -0.1) is 0 Å². The Bertz CT molecular complexity index is 254. The van der Waals surface area contributed by atoms with Crippen LogP contribution in [-0.4, -0.2) is 48.2 Å². The van der Waals surface area contributed by atoms with Gasteiger partial charge in [-0.05, 0) is 26.3 Å². The van der Waals surface area contributed by atoms with Crippen LogP contribution in [0.3, 0.4) is 0 Å². The van der Waals surface area contributed by atoms with Crippen molar-refractivity contribution in [3.63, 3.8) is 0 Å². The number of rotatable bonds is 5. The average molecular weight is 229 g/mol. The van der Waals surface area contributed by atoms with E-state index in [1.54, 1.807) is 6.92 Å². The van der Waals surface area contributed by atoms with E-state index < -0.39 is 5.97 Å². The van der Waals surface area contributed by atoms with E-state index in [1.165, 1.54) is 0 Å². The highest BCUT2D eigenvalue weighted by Gasteiger charge is 2.25. The summed E-state index contributed by atoms with van der Waals surface area (Å²) in [5.74, 6) is -1.23. The molecule has 0 aromatic carbocycles. The highest BCUT2D eigenvalue weighted by molar-refractivity contribution is 5.70. The third-order valence-electron chi connectivity index (χ3n) is 2.79. The first-order valence-electron chi connectivity index (χ1n) is 5.74. The number of nitrogens with zero attached hydrogens (tertiary/aromatic N) is 1. The molecule has 0 bridgehead atoms. The van der Waals surface area contributed by atoms with Gasteiger partial charge in [0.1, 0.15) is 0 Å². The summed E-state index contributed by atoms with van der Waals surface area (Å²) in [4.78, 5) is 24.0. The molecule has 0 aliphatic carbocycles. The van der Waals surface area contributed by atoms with Crippen LogP contribution in [-0.2, 0) is 14.3 Å². The number of likely N-dealkylation sites (tertiary alicyclic amines) is 1. The second kappa shape index (κ2) is 6.48. The zero-order chi connectivity index (χ0) is 12.0. The number of carboxylic acid groups (broad SMARTS) is 1. The molecule has 0 spiro atoms. The lowest BCUT2D eigenvalue weighted by Crippen LogP contribution is -2.39. The number of carbonyl (C=O) groups excluding carboxylic acids is 1. The van der Waals surface area contributed by atoms with Crippen LogP contribution in [0.4, 0.5) is 0 Å². The van der Waals surface area contributed by atoms with Gasteiger partial charge in [0.2, 0.25) is 0 Å². The lowest BCUT2D eigenvalue weighted by atomic mass is 9.98. The van der Waals surface area contributed by atoms with E-state index in [4.69, 9.17) is 9.84 Å². The zero-order valence-electron chi connectivity index (χ0n) is 9.65. The molecule has 0 aromatic heterocycles. The van der Waals surface area contributed by atoms with Crippen LogP contribution in [0.1, 0.15) is 26.2 Å². The van der Waals surface area contributed by atoms with E-state index in [9.17, 15) is 9.59 Å². The van der Waals surface area contributed by atoms with Crippen molar-refractivity contribution in [1.82, 2.24) is 4.90 Å². The van der Waals surface area contributed by atoms with E-state index >= 15 is 0 Å². The summed E-state index contributed by atoms with van der Waals surface area (Å²) in [7, 11) is 0. The Morgan fingerprint density at radius 3 is 2.88 bits per heavy atom. The standard InChI is InChI=1S/C11H19NO4/c1-2-16-10(13)5-7-12-6-3-4-9(8-12)11(14)15/h9H,2-8H2,1H3,(H,14,15). The molecule has 1 aliphatic rings. The molecule has 1 fully saturated rings. The number of hydrogen-bond acceptors (Lipinski definition) is 4. The van der Waals surface area contributed by atoms with Gasteiger partial charge in [-0.1, -0.05) is 0 Å². The fraction of sp³-hybridized carbons (Fsp3) is 0.818. The lowest BCUT2D eigenvalue weighted by molar-refractivity contribution is -0.144. The van der Waals surface area contributed by atoms with Crippen molar-refractivity contribution in [1.29, 1.82) is 0 Å². The van der Waals surface area contributed by atoms with Gasteiger partial charge in [0.15, 0.2) is 0 Å². The smallest absolute Gasteiger partial charge is 0.307 e. The van der Waals surface area contributed by atoms with E-state index in [-0.39, 0.29) is 11.9 Å². The van der Waals surface area contributed by atoms with Gasteiger partial charge in [-0.25, -0.2) is 0 Å². The number of piperidine rings is 1. The maximum absolute atomic E-state index is 11.1. The summed E-state index contributed by atoms with van der Waals surface area (Å²) < 4.78 is 4.83. The Morgan fingerprint density at radius 2 is 2.25 bits per heavy atom. The van der Waals surface area contributed by atoms with Gasteiger partial charge in [0, 0.05) is 13.1 Å². The maximum atomic E-state index is 11.1. The molecular weight excluding hydrogens is 210 g/mol. The Morgan fingerprint density at radius 1 is 1.50 bits per heavy atom. The molecule has 1 N–H and O–H groups in total. The number of esters is 1. The first kappa shape index (κ1) is 13.0. The number of carbonyl (C=O) groups is 2. The summed E-state index contributed by atoms with van der Waals surface area (Å²) >= 11 is 0. The Balaban J connectivity index is 2.26. The second-order valence-corrected chi connectivity index (χ2v) is 4.03. The van der Waals surface area contributed by atoms with Gasteiger partial charge in [-0.3, -0.25) is 9.59 Å². The van der Waals surface area contributed by atoms with E-state index in [1.807, 2.05) is 4.90 Å². The Labute approximate surface area is 95.4 Å². The summed E-state index contributed by atoms with van der Waals surface area (Å²) in [6, 6.07) is 0. The van der Waals surface area contributed by atoms with Gasteiger partial charge in [-0.2, -0.15) is 0 Å². The van der Waals surface area contributed by atoms with Crippen molar-refractivity contribution in [2.45, 2.75) is 26.2 Å². The molecule has 1 unspecified atom stereocenters. The van der Waals surface area contributed by atoms with Crippen molar-refractivity contribution < 1.29 is 19.4 Å². The minimum absolute atomic E-state index is 0.208. The molecule has 1 atom stereocenters. The predicted octanol–water partition coefficient (Wildman–Crippen LogP) is 0.736. The maximum Gasteiger partial charge on any atom is 0.307 e. The van der Waals surface area contributed by atoms with Crippen molar-refractivity contribution >= 4 is 11.9 Å². The van der Waals surface area contributed by atoms with Gasteiger partial charge < -0.3 is 14.7 Å². The molecule has 5 nitrogen and oxygen atoms in total. The third kappa shape index (κ3) is 4.18. The first-order valence-corrected chi connectivity index (χ1v) is 5.74. The van der Waals surface area contributed by atoms with E-state index in [0.29, 0.717) is 26.1 Å². The highest BCUT2D eigenvalue weighted by Crippen LogP contribution is 2.16. The highest BCUT2D eigenvalue weighted by atomic mass is 16.5. The predicted molar refractivity (Wildman–Crippen MR) is 58.0 cm³/mol. The summed E-state index contributed by atoms with van der Waals surface area (Å²) in [6.07, 6.45) is 1.98. The van der Waals surface area contributed by atoms with Crippen molar-refractivity contribution in [3.8, 4) is 0 Å². The molecule has 16 heavy (non-hydrogen) atoms. The van der Waals surface area contributed by atoms with Crippen LogP contribution in [0.2, 0.25) is 0 Å². The fourth-order valence-corrected chi connectivity index (χ4v) is 1.94. The summed E-state index contributed by atoms with van der Waals surface area (Å²) in [5.41, 5.74) is 0. The topological polar surface area (TPSA) is 66.8 Å². The lowest BCUT2D eigenvalue weighted by Gasteiger charge is -2.30. The largest absolute Gasteiger partial charge is 0.481 e. The van der Waals surface area contributed by atoms with Gasteiger partial charge >= 0.3 is 11.9 Å². The van der Waals surface area contributed by atoms with Crippen LogP contribution in [0, 0.1) is 5.92 Å². The molecule has 0 saturated carbocycles. The zero-order valence-corrected chi connectivity index (χ0v) is 9.65. The summed E-state index contributed by atoms with van der Waals surface area (Å²) in [6.45, 7) is 4.20. The summed E-state index contributed by atoms with van der Waals surface area (Å²) in [5, 5.41) is 8.90. The number of hydrogen-bond donors (Lipinski definition) is 1. The molecule has 1 saturated heterocycles. The normalized spacial score (nSPS) is 21.7. The third-order valence-corrected chi connectivity index (χ3v) is 2.79. The minimum Gasteiger partial charge on any atom is -0.481 e. The number of carboxylic acids is 1. The van der Waals surface area contributed by atoms with Crippen LogP contribution in [0.15, 0.2) is 0 Å². The monoisotopic (exact) mass is 229 g/mol. The van der Waals surface area contributed by atoms with Crippen molar-refractivity contribution in [3.05, 3.63) is 0 Å².